The molecule has 0 spiro atoms. The predicted octanol–water partition coefficient (Wildman–Crippen LogP) is 3.89. The van der Waals surface area contributed by atoms with Gasteiger partial charge in [0.15, 0.2) is 0 Å². The number of aromatic nitrogens is 2. The summed E-state index contributed by atoms with van der Waals surface area (Å²) < 4.78 is 6.44. The lowest BCUT2D eigenvalue weighted by atomic mass is 10.1. The Bertz CT molecular complexity index is 955. The van der Waals surface area contributed by atoms with E-state index in [2.05, 4.69) is 30.8 Å². The Morgan fingerprint density at radius 1 is 1.28 bits per heavy atom. The van der Waals surface area contributed by atoms with Crippen molar-refractivity contribution >= 4 is 26.8 Å². The molecular weight excluding hydrogens is 382 g/mol. The summed E-state index contributed by atoms with van der Waals surface area (Å²) in [6, 6.07) is 13.2. The number of nitrogens with one attached hydrogen (secondary N) is 1. The van der Waals surface area contributed by atoms with Crippen molar-refractivity contribution in [2.75, 3.05) is 14.2 Å². The fourth-order valence-corrected chi connectivity index (χ4v) is 3.20. The van der Waals surface area contributed by atoms with Crippen LogP contribution in [0.4, 0.5) is 0 Å². The van der Waals surface area contributed by atoms with Gasteiger partial charge in [-0.2, -0.15) is 0 Å². The Labute approximate surface area is 154 Å². The minimum Gasteiger partial charge on any atom is -0.496 e. The van der Waals surface area contributed by atoms with Crippen LogP contribution in [0.25, 0.3) is 10.9 Å². The number of aromatic amines is 1. The molecule has 25 heavy (non-hydrogen) atoms. The van der Waals surface area contributed by atoms with Crippen molar-refractivity contribution in [1.29, 1.82) is 0 Å². The molecule has 0 radical (unpaired) electrons. The standard InChI is InChI=1S/C19H20BrN3O2/c1-12(18-21-16-7-5-4-6-15(16)19(24)22-18)23(2)11-13-10-14(20)8-9-17(13)25-3/h4-10,12H,11H2,1-3H3,(H,21,22,24)/t12-/m1/s1. The van der Waals surface area contributed by atoms with E-state index >= 15 is 0 Å². The van der Waals surface area contributed by atoms with Gasteiger partial charge in [-0.25, -0.2) is 4.98 Å². The van der Waals surface area contributed by atoms with Crippen LogP contribution in [-0.4, -0.2) is 29.0 Å². The van der Waals surface area contributed by atoms with E-state index in [1.165, 1.54) is 0 Å². The fraction of sp³-hybridized carbons (Fsp3) is 0.263. The summed E-state index contributed by atoms with van der Waals surface area (Å²) in [5.74, 6) is 1.49. The first kappa shape index (κ1) is 17.6. The smallest absolute Gasteiger partial charge is 0.258 e. The molecule has 6 heteroatoms. The Morgan fingerprint density at radius 3 is 2.80 bits per heavy atom. The van der Waals surface area contributed by atoms with Gasteiger partial charge >= 0.3 is 0 Å². The summed E-state index contributed by atoms with van der Waals surface area (Å²) in [5.41, 5.74) is 1.66. The van der Waals surface area contributed by atoms with Gasteiger partial charge in [0, 0.05) is 16.6 Å². The average molecular weight is 402 g/mol. The Kier molecular flexibility index (Phi) is 5.20. The van der Waals surface area contributed by atoms with Crippen molar-refractivity contribution in [3.63, 3.8) is 0 Å². The van der Waals surface area contributed by atoms with Crippen LogP contribution in [0.15, 0.2) is 51.7 Å². The molecule has 0 fully saturated rings. The molecular formula is C19H20BrN3O2. The lowest BCUT2D eigenvalue weighted by Crippen LogP contribution is -2.26. The van der Waals surface area contributed by atoms with Gasteiger partial charge in [-0.3, -0.25) is 9.69 Å². The van der Waals surface area contributed by atoms with Crippen LogP contribution in [-0.2, 0) is 6.54 Å². The van der Waals surface area contributed by atoms with Gasteiger partial charge in [0.25, 0.3) is 5.56 Å². The summed E-state index contributed by atoms with van der Waals surface area (Å²) in [7, 11) is 3.67. The average Bonchev–Trinajstić information content (AvgIpc) is 2.61. The third kappa shape index (κ3) is 3.75. The molecule has 130 valence electrons. The van der Waals surface area contributed by atoms with Gasteiger partial charge in [0.2, 0.25) is 0 Å². The molecule has 0 aliphatic rings. The second kappa shape index (κ2) is 7.37. The zero-order valence-corrected chi connectivity index (χ0v) is 16.0. The second-order valence-corrected chi connectivity index (χ2v) is 6.93. The highest BCUT2D eigenvalue weighted by atomic mass is 79.9. The SMILES string of the molecule is COc1ccc(Br)cc1CN(C)[C@H](C)c1nc2ccccc2c(=O)[nH]1. The minimum absolute atomic E-state index is 0.0546. The molecule has 0 aliphatic carbocycles. The molecule has 0 saturated heterocycles. The van der Waals surface area contributed by atoms with Gasteiger partial charge in [-0.05, 0) is 44.3 Å². The largest absolute Gasteiger partial charge is 0.496 e. The van der Waals surface area contributed by atoms with E-state index in [9.17, 15) is 4.79 Å². The first-order valence-electron chi connectivity index (χ1n) is 8.01. The van der Waals surface area contributed by atoms with E-state index in [1.54, 1.807) is 13.2 Å². The van der Waals surface area contributed by atoms with Crippen LogP contribution in [0.1, 0.15) is 24.4 Å². The lowest BCUT2D eigenvalue weighted by molar-refractivity contribution is 0.240. The molecule has 3 rings (SSSR count). The number of rotatable bonds is 5. The topological polar surface area (TPSA) is 58.2 Å². The number of nitrogens with zero attached hydrogens (tertiary/aromatic N) is 2. The number of hydrogen-bond acceptors (Lipinski definition) is 4. The molecule has 1 aromatic heterocycles. The van der Waals surface area contributed by atoms with Gasteiger partial charge in [-0.1, -0.05) is 28.1 Å². The van der Waals surface area contributed by atoms with Crippen molar-refractivity contribution in [2.45, 2.75) is 19.5 Å². The number of methoxy groups -OCH3 is 1. The van der Waals surface area contributed by atoms with E-state index in [-0.39, 0.29) is 11.6 Å². The summed E-state index contributed by atoms with van der Waals surface area (Å²) in [6.07, 6.45) is 0. The van der Waals surface area contributed by atoms with Crippen LogP contribution in [0.2, 0.25) is 0 Å². The third-order valence-electron chi connectivity index (χ3n) is 4.35. The van der Waals surface area contributed by atoms with E-state index in [0.29, 0.717) is 23.3 Å². The first-order chi connectivity index (χ1) is 12.0. The van der Waals surface area contributed by atoms with Gasteiger partial charge in [0.05, 0.1) is 24.1 Å². The highest BCUT2D eigenvalue weighted by molar-refractivity contribution is 9.10. The summed E-state index contributed by atoms with van der Waals surface area (Å²) >= 11 is 3.50. The molecule has 0 amide bonds. The number of para-hydroxylation sites is 1. The molecule has 3 aromatic rings. The maximum atomic E-state index is 12.3. The van der Waals surface area contributed by atoms with Crippen molar-refractivity contribution in [2.24, 2.45) is 0 Å². The Hall–Kier alpha value is -2.18. The molecule has 0 aliphatic heterocycles. The number of benzene rings is 2. The lowest BCUT2D eigenvalue weighted by Gasteiger charge is -2.25. The van der Waals surface area contributed by atoms with E-state index in [4.69, 9.17) is 4.74 Å². The highest BCUT2D eigenvalue weighted by Crippen LogP contribution is 2.26. The quantitative estimate of drug-likeness (QED) is 0.704. The van der Waals surface area contributed by atoms with Gasteiger partial charge in [-0.15, -0.1) is 0 Å². The zero-order chi connectivity index (χ0) is 18.0. The summed E-state index contributed by atoms with van der Waals surface area (Å²) in [4.78, 5) is 21.9. The van der Waals surface area contributed by atoms with Crippen LogP contribution >= 0.6 is 15.9 Å². The number of hydrogen-bond donors (Lipinski definition) is 1. The van der Waals surface area contributed by atoms with Crippen molar-refractivity contribution in [3.8, 4) is 5.75 Å². The number of halogens is 1. The van der Waals surface area contributed by atoms with Crippen LogP contribution in [0.3, 0.4) is 0 Å². The zero-order valence-electron chi connectivity index (χ0n) is 14.4. The predicted molar refractivity (Wildman–Crippen MR) is 103 cm³/mol. The molecule has 0 bridgehead atoms. The van der Waals surface area contributed by atoms with E-state index in [1.807, 2.05) is 50.4 Å². The highest BCUT2D eigenvalue weighted by Gasteiger charge is 2.17. The molecule has 0 unspecified atom stereocenters. The molecule has 2 aromatic carbocycles. The Morgan fingerprint density at radius 2 is 2.04 bits per heavy atom. The van der Waals surface area contributed by atoms with Gasteiger partial charge in [0.1, 0.15) is 11.6 Å². The minimum atomic E-state index is -0.110. The van der Waals surface area contributed by atoms with Crippen LogP contribution in [0.5, 0.6) is 5.75 Å². The molecule has 5 nitrogen and oxygen atoms in total. The molecule has 1 atom stereocenters. The van der Waals surface area contributed by atoms with Crippen molar-refractivity contribution < 1.29 is 4.74 Å². The molecule has 1 heterocycles. The monoisotopic (exact) mass is 401 g/mol. The summed E-state index contributed by atoms with van der Waals surface area (Å²) in [5, 5.41) is 0.606. The van der Waals surface area contributed by atoms with Crippen LogP contribution < -0.4 is 10.3 Å². The Balaban J connectivity index is 1.89. The number of H-pyrrole nitrogens is 1. The number of ether oxygens (including phenoxy) is 1. The molecule has 0 saturated carbocycles. The second-order valence-electron chi connectivity index (χ2n) is 6.02. The third-order valence-corrected chi connectivity index (χ3v) is 4.84. The van der Waals surface area contributed by atoms with Crippen molar-refractivity contribution in [3.05, 3.63) is 68.7 Å². The van der Waals surface area contributed by atoms with Crippen LogP contribution in [0, 0.1) is 0 Å². The van der Waals surface area contributed by atoms with Crippen molar-refractivity contribution in [1.82, 2.24) is 14.9 Å². The molecule has 1 N–H and O–H groups in total. The summed E-state index contributed by atoms with van der Waals surface area (Å²) in [6.45, 7) is 2.69. The maximum Gasteiger partial charge on any atom is 0.258 e. The fourth-order valence-electron chi connectivity index (χ4n) is 2.79. The normalized spacial score (nSPS) is 12.5. The maximum absolute atomic E-state index is 12.3. The van der Waals surface area contributed by atoms with E-state index < -0.39 is 0 Å². The van der Waals surface area contributed by atoms with E-state index in [0.717, 1.165) is 15.8 Å². The number of fused-ring (bicyclic) bond motifs is 1. The first-order valence-corrected chi connectivity index (χ1v) is 8.80. The van der Waals surface area contributed by atoms with Gasteiger partial charge < -0.3 is 9.72 Å².